The number of benzene rings is 1. The molecule has 0 fully saturated rings. The topological polar surface area (TPSA) is 91.8 Å². The fourth-order valence-corrected chi connectivity index (χ4v) is 2.31. The number of aromatic nitrogens is 3. The Bertz CT molecular complexity index is 703. The molecule has 2 aromatic rings. The summed E-state index contributed by atoms with van der Waals surface area (Å²) in [5.41, 5.74) is 1.17. The molecule has 102 valence electrons. The minimum Gasteiger partial charge on any atom is -0.475 e. The number of hydrogen-bond acceptors (Lipinski definition) is 4. The van der Waals surface area contributed by atoms with Gasteiger partial charge >= 0.3 is 5.97 Å². The van der Waals surface area contributed by atoms with Gasteiger partial charge in [-0.3, -0.25) is 0 Å². The summed E-state index contributed by atoms with van der Waals surface area (Å²) in [7, 11) is 0. The second-order valence-corrected chi connectivity index (χ2v) is 4.95. The molecule has 6 nitrogen and oxygen atoms in total. The van der Waals surface area contributed by atoms with Crippen molar-refractivity contribution in [2.45, 2.75) is 19.8 Å². The van der Waals surface area contributed by atoms with E-state index in [4.69, 9.17) is 10.4 Å². The number of carboxylic acids is 1. The van der Waals surface area contributed by atoms with E-state index in [9.17, 15) is 4.79 Å². The third-order valence-electron chi connectivity index (χ3n) is 2.64. The Hall–Kier alpha value is -2.20. The van der Waals surface area contributed by atoms with Crippen molar-refractivity contribution in [2.75, 3.05) is 0 Å². The maximum absolute atomic E-state index is 11.0. The fraction of sp³-hybridized carbons (Fsp3) is 0.231. The smallest absolute Gasteiger partial charge is 0.375 e. The molecule has 1 heterocycles. The average Bonchev–Trinajstić information content (AvgIpc) is 2.83. The van der Waals surface area contributed by atoms with E-state index in [2.05, 4.69) is 26.0 Å². The number of nitriles is 1. The molecule has 1 N–H and O–H groups in total. The molecular formula is C13H11BrN4O2. The van der Waals surface area contributed by atoms with Gasteiger partial charge in [0, 0.05) is 10.9 Å². The van der Waals surface area contributed by atoms with Gasteiger partial charge < -0.3 is 5.11 Å². The first-order valence-electron chi connectivity index (χ1n) is 5.96. The molecule has 0 radical (unpaired) electrons. The van der Waals surface area contributed by atoms with Crippen LogP contribution in [0.4, 0.5) is 0 Å². The summed E-state index contributed by atoms with van der Waals surface area (Å²) in [5.74, 6) is -0.814. The van der Waals surface area contributed by atoms with Gasteiger partial charge in [-0.1, -0.05) is 6.92 Å². The Morgan fingerprint density at radius 3 is 2.85 bits per heavy atom. The van der Waals surface area contributed by atoms with Crippen molar-refractivity contribution in [1.29, 1.82) is 5.26 Å². The first kappa shape index (κ1) is 14.2. The molecule has 1 aromatic heterocycles. The van der Waals surface area contributed by atoms with Crippen molar-refractivity contribution in [3.05, 3.63) is 39.9 Å². The monoisotopic (exact) mass is 334 g/mol. The van der Waals surface area contributed by atoms with Crippen molar-refractivity contribution in [2.24, 2.45) is 0 Å². The first-order chi connectivity index (χ1) is 9.56. The lowest BCUT2D eigenvalue weighted by Crippen LogP contribution is -2.04. The highest BCUT2D eigenvalue weighted by atomic mass is 79.9. The van der Waals surface area contributed by atoms with Crippen molar-refractivity contribution in [1.82, 2.24) is 14.8 Å². The van der Waals surface area contributed by atoms with Crippen LogP contribution in [-0.4, -0.2) is 25.8 Å². The van der Waals surface area contributed by atoms with Gasteiger partial charge in [0.05, 0.1) is 17.3 Å². The molecule has 0 aliphatic carbocycles. The minimum atomic E-state index is -1.16. The normalized spacial score (nSPS) is 10.2. The van der Waals surface area contributed by atoms with Crippen LogP contribution in [-0.2, 0) is 6.42 Å². The number of rotatable bonds is 4. The van der Waals surface area contributed by atoms with E-state index in [0.717, 1.165) is 6.42 Å². The molecule has 7 heteroatoms. The standard InChI is InChI=1S/C13H11BrN4O2/c1-2-3-11-16-12(13(19)20)17-18(11)10-5-4-8(7-15)6-9(10)14/h4-6H,2-3H2,1H3,(H,19,20). The van der Waals surface area contributed by atoms with Crippen LogP contribution in [0.5, 0.6) is 0 Å². The van der Waals surface area contributed by atoms with E-state index in [-0.39, 0.29) is 5.82 Å². The van der Waals surface area contributed by atoms with Crippen LogP contribution in [0.1, 0.15) is 35.4 Å². The zero-order chi connectivity index (χ0) is 14.7. The zero-order valence-corrected chi connectivity index (χ0v) is 12.3. The third kappa shape index (κ3) is 2.70. The van der Waals surface area contributed by atoms with Crippen LogP contribution in [0.3, 0.4) is 0 Å². The summed E-state index contributed by atoms with van der Waals surface area (Å²) in [5, 5.41) is 21.9. The number of carboxylic acid groups (broad SMARTS) is 1. The Kier molecular flexibility index (Phi) is 4.15. The van der Waals surface area contributed by atoms with Crippen molar-refractivity contribution in [3.8, 4) is 11.8 Å². The van der Waals surface area contributed by atoms with Crippen LogP contribution in [0.15, 0.2) is 22.7 Å². The number of nitrogens with zero attached hydrogens (tertiary/aromatic N) is 4. The lowest BCUT2D eigenvalue weighted by Gasteiger charge is -2.07. The molecule has 2 rings (SSSR count). The number of aryl methyl sites for hydroxylation is 1. The zero-order valence-electron chi connectivity index (χ0n) is 10.7. The number of aromatic carboxylic acids is 1. The minimum absolute atomic E-state index is 0.232. The SMILES string of the molecule is CCCc1nc(C(=O)O)nn1-c1ccc(C#N)cc1Br. The third-order valence-corrected chi connectivity index (χ3v) is 3.28. The molecule has 1 aromatic carbocycles. The van der Waals surface area contributed by atoms with E-state index in [1.165, 1.54) is 4.68 Å². The van der Waals surface area contributed by atoms with E-state index >= 15 is 0 Å². The highest BCUT2D eigenvalue weighted by Crippen LogP contribution is 2.23. The summed E-state index contributed by atoms with van der Waals surface area (Å²) in [6.07, 6.45) is 1.44. The molecular weight excluding hydrogens is 324 g/mol. The lowest BCUT2D eigenvalue weighted by molar-refractivity contribution is 0.0683. The van der Waals surface area contributed by atoms with Crippen LogP contribution >= 0.6 is 15.9 Å². The van der Waals surface area contributed by atoms with Crippen molar-refractivity contribution >= 4 is 21.9 Å². The molecule has 0 saturated heterocycles. The summed E-state index contributed by atoms with van der Waals surface area (Å²) >= 11 is 3.37. The van der Waals surface area contributed by atoms with E-state index in [1.807, 2.05) is 13.0 Å². The number of halogens is 1. The predicted octanol–water partition coefficient (Wildman–Crippen LogP) is 2.55. The summed E-state index contributed by atoms with van der Waals surface area (Å²) < 4.78 is 2.16. The molecule has 0 spiro atoms. The highest BCUT2D eigenvalue weighted by molar-refractivity contribution is 9.10. The van der Waals surface area contributed by atoms with Crippen molar-refractivity contribution < 1.29 is 9.90 Å². The quantitative estimate of drug-likeness (QED) is 0.927. The van der Waals surface area contributed by atoms with Gasteiger partial charge in [0.25, 0.3) is 5.82 Å². The van der Waals surface area contributed by atoms with E-state index in [0.29, 0.717) is 28.0 Å². The van der Waals surface area contributed by atoms with Crippen LogP contribution in [0.25, 0.3) is 5.69 Å². The van der Waals surface area contributed by atoms with Crippen LogP contribution < -0.4 is 0 Å². The van der Waals surface area contributed by atoms with Crippen molar-refractivity contribution in [3.63, 3.8) is 0 Å². The summed E-state index contributed by atoms with van der Waals surface area (Å²) in [6, 6.07) is 7.06. The summed E-state index contributed by atoms with van der Waals surface area (Å²) in [6.45, 7) is 1.98. The van der Waals surface area contributed by atoms with Crippen LogP contribution in [0.2, 0.25) is 0 Å². The molecule has 20 heavy (non-hydrogen) atoms. The van der Waals surface area contributed by atoms with Gasteiger partial charge in [-0.05, 0) is 40.5 Å². The Labute approximate surface area is 123 Å². The lowest BCUT2D eigenvalue weighted by atomic mass is 10.2. The van der Waals surface area contributed by atoms with Gasteiger partial charge in [0.2, 0.25) is 0 Å². The second-order valence-electron chi connectivity index (χ2n) is 4.10. The maximum atomic E-state index is 11.0. The molecule has 0 unspecified atom stereocenters. The molecule has 0 atom stereocenters. The van der Waals surface area contributed by atoms with Gasteiger partial charge in [0.15, 0.2) is 0 Å². The second kappa shape index (κ2) is 5.84. The Morgan fingerprint density at radius 1 is 1.55 bits per heavy atom. The first-order valence-corrected chi connectivity index (χ1v) is 6.75. The maximum Gasteiger partial charge on any atom is 0.375 e. The Morgan fingerprint density at radius 2 is 2.30 bits per heavy atom. The molecule has 0 amide bonds. The molecule has 0 saturated carbocycles. The average molecular weight is 335 g/mol. The number of hydrogen-bond donors (Lipinski definition) is 1. The predicted molar refractivity (Wildman–Crippen MR) is 74.7 cm³/mol. The van der Waals surface area contributed by atoms with Gasteiger partial charge in [-0.2, -0.15) is 5.26 Å². The summed E-state index contributed by atoms with van der Waals surface area (Å²) in [4.78, 5) is 15.0. The van der Waals surface area contributed by atoms with Gasteiger partial charge in [0.1, 0.15) is 5.82 Å². The van der Waals surface area contributed by atoms with E-state index in [1.54, 1.807) is 18.2 Å². The van der Waals surface area contributed by atoms with Crippen LogP contribution in [0, 0.1) is 11.3 Å². The molecule has 0 aliphatic heterocycles. The largest absolute Gasteiger partial charge is 0.475 e. The molecule has 0 bridgehead atoms. The number of carbonyl (C=O) groups is 1. The van der Waals surface area contributed by atoms with Gasteiger partial charge in [-0.15, -0.1) is 5.10 Å². The molecule has 0 aliphatic rings. The fourth-order valence-electron chi connectivity index (χ4n) is 1.76. The van der Waals surface area contributed by atoms with Gasteiger partial charge in [-0.25, -0.2) is 14.5 Å². The Balaban J connectivity index is 2.56. The highest BCUT2D eigenvalue weighted by Gasteiger charge is 2.17. The van der Waals surface area contributed by atoms with E-state index < -0.39 is 5.97 Å².